The van der Waals surface area contributed by atoms with Gasteiger partial charge in [0, 0.05) is 0 Å². The standard InChI is InChI=1S/C4H7N2/c1-2-3-6-4-5/h3,6H,2H2,1H3. The molecule has 0 amide bonds. The van der Waals surface area contributed by atoms with Gasteiger partial charge >= 0.3 is 0 Å². The first kappa shape index (κ1) is 5.29. The van der Waals surface area contributed by atoms with Crippen LogP contribution >= 0.6 is 0 Å². The Morgan fingerprint density at radius 1 is 2.00 bits per heavy atom. The third-order valence-electron chi connectivity index (χ3n) is 0.371. The van der Waals surface area contributed by atoms with Crippen LogP contribution in [0.1, 0.15) is 13.3 Å². The Bertz CT molecular complexity index is 53.1. The molecule has 2 heteroatoms. The molecule has 6 heavy (non-hydrogen) atoms. The minimum Gasteiger partial charge on any atom is -0.319 e. The van der Waals surface area contributed by atoms with E-state index in [0.29, 0.717) is 0 Å². The maximum Gasteiger partial charge on any atom is 0.176 e. The molecule has 0 heterocycles. The summed E-state index contributed by atoms with van der Waals surface area (Å²) in [5.41, 5.74) is 0. The highest BCUT2D eigenvalue weighted by Crippen LogP contribution is 1.72. The molecule has 0 unspecified atom stereocenters. The summed E-state index contributed by atoms with van der Waals surface area (Å²) in [6, 6.07) is 0. The average Bonchev–Trinajstić information content (AvgIpc) is 1.61. The van der Waals surface area contributed by atoms with Crippen LogP contribution < -0.4 is 5.32 Å². The van der Waals surface area contributed by atoms with Crippen LogP contribution in [0.5, 0.6) is 0 Å². The lowest BCUT2D eigenvalue weighted by molar-refractivity contribution is 0.946. The second-order valence-corrected chi connectivity index (χ2v) is 0.869. The molecule has 0 aliphatic heterocycles. The third kappa shape index (κ3) is 3.29. The summed E-state index contributed by atoms with van der Waals surface area (Å²) in [6.45, 7) is 3.66. The van der Waals surface area contributed by atoms with Crippen molar-refractivity contribution in [1.29, 1.82) is 5.26 Å². The minimum atomic E-state index is 0.896. The fourth-order valence-electron chi connectivity index (χ4n) is 0.148. The number of rotatable bonds is 2. The zero-order chi connectivity index (χ0) is 4.83. The molecular weight excluding hydrogens is 76.1 g/mol. The Labute approximate surface area is 37.8 Å². The molecule has 0 saturated carbocycles. The molecule has 0 atom stereocenters. The molecule has 33 valence electrons. The number of nitrogens with zero attached hydrogens (tertiary/aromatic N) is 1. The Balaban J connectivity index is 2.54. The van der Waals surface area contributed by atoms with E-state index in [9.17, 15) is 0 Å². The van der Waals surface area contributed by atoms with E-state index in [0.717, 1.165) is 6.42 Å². The van der Waals surface area contributed by atoms with Gasteiger partial charge in [0.25, 0.3) is 0 Å². The van der Waals surface area contributed by atoms with Crippen molar-refractivity contribution in [2.45, 2.75) is 13.3 Å². The van der Waals surface area contributed by atoms with Gasteiger partial charge in [0.05, 0.1) is 6.54 Å². The molecule has 0 saturated heterocycles. The fourth-order valence-corrected chi connectivity index (χ4v) is 0.148. The maximum atomic E-state index is 7.80. The smallest absolute Gasteiger partial charge is 0.176 e. The van der Waals surface area contributed by atoms with Crippen molar-refractivity contribution < 1.29 is 0 Å². The quantitative estimate of drug-likeness (QED) is 0.302. The Morgan fingerprint density at radius 3 is 2.83 bits per heavy atom. The highest BCUT2D eigenvalue weighted by atomic mass is 14.8. The molecule has 0 aromatic heterocycles. The monoisotopic (exact) mass is 83.1 g/mol. The normalized spacial score (nSPS) is 6.67. The second-order valence-electron chi connectivity index (χ2n) is 0.869. The van der Waals surface area contributed by atoms with Gasteiger partial charge in [0.2, 0.25) is 0 Å². The lowest BCUT2D eigenvalue weighted by Gasteiger charge is -1.82. The van der Waals surface area contributed by atoms with Gasteiger partial charge < -0.3 is 5.32 Å². The first-order valence-corrected chi connectivity index (χ1v) is 1.88. The Morgan fingerprint density at radius 2 is 2.67 bits per heavy atom. The zero-order valence-electron chi connectivity index (χ0n) is 3.73. The highest BCUT2D eigenvalue weighted by Gasteiger charge is 1.70. The van der Waals surface area contributed by atoms with Crippen LogP contribution in [0.15, 0.2) is 0 Å². The number of hydrogen-bond acceptors (Lipinski definition) is 2. The molecule has 0 aromatic rings. The average molecular weight is 83.1 g/mol. The maximum absolute atomic E-state index is 7.80. The van der Waals surface area contributed by atoms with Crippen molar-refractivity contribution in [2.75, 3.05) is 0 Å². The van der Waals surface area contributed by atoms with Crippen LogP contribution in [0.2, 0.25) is 0 Å². The van der Waals surface area contributed by atoms with Gasteiger partial charge in [-0.2, -0.15) is 5.26 Å². The number of nitriles is 1. The van der Waals surface area contributed by atoms with Crippen molar-refractivity contribution in [1.82, 2.24) is 5.32 Å². The van der Waals surface area contributed by atoms with Gasteiger partial charge in [0.1, 0.15) is 0 Å². The molecule has 0 aliphatic rings. The van der Waals surface area contributed by atoms with E-state index in [4.69, 9.17) is 5.26 Å². The van der Waals surface area contributed by atoms with Crippen LogP contribution in [0, 0.1) is 18.0 Å². The van der Waals surface area contributed by atoms with Gasteiger partial charge in [0.15, 0.2) is 6.19 Å². The van der Waals surface area contributed by atoms with Gasteiger partial charge in [-0.3, -0.25) is 0 Å². The molecule has 0 spiro atoms. The van der Waals surface area contributed by atoms with Crippen molar-refractivity contribution in [2.24, 2.45) is 0 Å². The fraction of sp³-hybridized carbons (Fsp3) is 0.500. The summed E-state index contributed by atoms with van der Waals surface area (Å²) in [6.07, 6.45) is 2.66. The summed E-state index contributed by atoms with van der Waals surface area (Å²) < 4.78 is 0. The largest absolute Gasteiger partial charge is 0.319 e. The molecule has 0 rings (SSSR count). The third-order valence-corrected chi connectivity index (χ3v) is 0.371. The van der Waals surface area contributed by atoms with Crippen molar-refractivity contribution in [3.8, 4) is 6.19 Å². The first-order chi connectivity index (χ1) is 2.91. The van der Waals surface area contributed by atoms with E-state index in [1.807, 2.05) is 6.92 Å². The van der Waals surface area contributed by atoms with E-state index in [1.165, 1.54) is 0 Å². The molecule has 0 bridgehead atoms. The van der Waals surface area contributed by atoms with Gasteiger partial charge in [-0.25, -0.2) is 0 Å². The van der Waals surface area contributed by atoms with E-state index in [1.54, 1.807) is 12.7 Å². The van der Waals surface area contributed by atoms with E-state index >= 15 is 0 Å². The van der Waals surface area contributed by atoms with Crippen LogP contribution in [-0.4, -0.2) is 0 Å². The number of hydrogen-bond donors (Lipinski definition) is 1. The minimum absolute atomic E-state index is 0.896. The second kappa shape index (κ2) is 4.29. The molecular formula is C4H7N2. The van der Waals surface area contributed by atoms with Crippen molar-refractivity contribution >= 4 is 0 Å². The molecule has 2 nitrogen and oxygen atoms in total. The predicted molar refractivity (Wildman–Crippen MR) is 23.3 cm³/mol. The van der Waals surface area contributed by atoms with Crippen molar-refractivity contribution in [3.63, 3.8) is 0 Å². The van der Waals surface area contributed by atoms with Crippen LogP contribution in [0.25, 0.3) is 0 Å². The molecule has 0 aliphatic carbocycles. The predicted octanol–water partition coefficient (Wildman–Crippen LogP) is 0.629. The molecule has 1 N–H and O–H groups in total. The summed E-state index contributed by atoms with van der Waals surface area (Å²) in [5.74, 6) is 0. The van der Waals surface area contributed by atoms with Gasteiger partial charge in [-0.15, -0.1) is 0 Å². The Kier molecular flexibility index (Phi) is 3.78. The zero-order valence-corrected chi connectivity index (χ0v) is 3.73. The molecule has 0 aromatic carbocycles. The summed E-state index contributed by atoms with van der Waals surface area (Å²) in [7, 11) is 0. The van der Waals surface area contributed by atoms with E-state index in [-0.39, 0.29) is 0 Å². The summed E-state index contributed by atoms with van der Waals surface area (Å²) in [5, 5.41) is 10.2. The van der Waals surface area contributed by atoms with Crippen molar-refractivity contribution in [3.05, 3.63) is 6.54 Å². The SMILES string of the molecule is CC[CH]NC#N. The number of nitrogens with one attached hydrogen (secondary N) is 1. The molecule has 0 fully saturated rings. The van der Waals surface area contributed by atoms with E-state index < -0.39 is 0 Å². The van der Waals surface area contributed by atoms with Crippen LogP contribution in [0.4, 0.5) is 0 Å². The summed E-state index contributed by atoms with van der Waals surface area (Å²) in [4.78, 5) is 0. The molecule has 1 radical (unpaired) electrons. The first-order valence-electron chi connectivity index (χ1n) is 1.88. The highest BCUT2D eigenvalue weighted by molar-refractivity contribution is 4.71. The lowest BCUT2D eigenvalue weighted by atomic mass is 10.5. The van der Waals surface area contributed by atoms with Crippen LogP contribution in [0.3, 0.4) is 0 Å². The van der Waals surface area contributed by atoms with Gasteiger partial charge in [-0.1, -0.05) is 6.92 Å². The van der Waals surface area contributed by atoms with Crippen LogP contribution in [-0.2, 0) is 0 Å². The van der Waals surface area contributed by atoms with Gasteiger partial charge in [-0.05, 0) is 6.42 Å². The topological polar surface area (TPSA) is 35.8 Å². The van der Waals surface area contributed by atoms with E-state index in [2.05, 4.69) is 5.32 Å². The lowest BCUT2D eigenvalue weighted by Crippen LogP contribution is -1.96. The summed E-state index contributed by atoms with van der Waals surface area (Å²) >= 11 is 0. The Hall–Kier alpha value is -0.710.